The Hall–Kier alpha value is -0.240. The van der Waals surface area contributed by atoms with Crippen molar-refractivity contribution in [2.45, 2.75) is 51.8 Å². The molecule has 3 heteroatoms. The van der Waals surface area contributed by atoms with E-state index in [0.717, 1.165) is 32.2 Å². The van der Waals surface area contributed by atoms with Crippen LogP contribution in [0.5, 0.6) is 0 Å². The van der Waals surface area contributed by atoms with E-state index in [1.165, 1.54) is 0 Å². The van der Waals surface area contributed by atoms with E-state index in [1.807, 2.05) is 6.92 Å². The molecule has 1 N–H and O–H groups in total. The summed E-state index contributed by atoms with van der Waals surface area (Å²) in [7, 11) is 0. The lowest BCUT2D eigenvalue weighted by molar-refractivity contribution is -0.125. The number of halogens is 1. The average Bonchev–Trinajstić information content (AvgIpc) is 2.14. The van der Waals surface area contributed by atoms with E-state index in [1.54, 1.807) is 0 Å². The van der Waals surface area contributed by atoms with Gasteiger partial charge in [-0.1, -0.05) is 13.8 Å². The van der Waals surface area contributed by atoms with Gasteiger partial charge in [-0.05, 0) is 32.6 Å². The fraction of sp³-hybridized carbons (Fsp3) is 0.909. The zero-order chi connectivity index (χ0) is 11.0. The lowest BCUT2D eigenvalue weighted by atomic mass is 10.0. The number of hydrogen-bond acceptors (Lipinski definition) is 1. The number of carbonyl (C=O) groups is 1. The summed E-state index contributed by atoms with van der Waals surface area (Å²) in [6.45, 7) is 6.83. The molecule has 0 heterocycles. The first-order chi connectivity index (χ1) is 6.61. The molecule has 1 unspecified atom stereocenters. The molecule has 0 aliphatic heterocycles. The van der Waals surface area contributed by atoms with Crippen molar-refractivity contribution in [1.82, 2.24) is 5.32 Å². The van der Waals surface area contributed by atoms with Crippen molar-refractivity contribution in [3.05, 3.63) is 0 Å². The van der Waals surface area contributed by atoms with Crippen LogP contribution < -0.4 is 5.32 Å². The van der Waals surface area contributed by atoms with Gasteiger partial charge in [-0.3, -0.25) is 4.79 Å². The molecule has 1 atom stereocenters. The van der Waals surface area contributed by atoms with Gasteiger partial charge in [-0.25, -0.2) is 0 Å². The molecule has 0 saturated carbocycles. The predicted octanol–water partition coefficient (Wildman–Crippen LogP) is 2.95. The first-order valence-electron chi connectivity index (χ1n) is 5.53. The predicted molar refractivity (Wildman–Crippen MR) is 61.6 cm³/mol. The monoisotopic (exact) mass is 219 g/mol. The van der Waals surface area contributed by atoms with Gasteiger partial charge in [0.2, 0.25) is 5.91 Å². The first kappa shape index (κ1) is 13.8. The summed E-state index contributed by atoms with van der Waals surface area (Å²) < 4.78 is 0. The van der Waals surface area contributed by atoms with Gasteiger partial charge >= 0.3 is 0 Å². The van der Waals surface area contributed by atoms with Crippen molar-refractivity contribution in [2.24, 2.45) is 5.92 Å². The van der Waals surface area contributed by atoms with E-state index in [-0.39, 0.29) is 17.2 Å². The van der Waals surface area contributed by atoms with E-state index in [2.05, 4.69) is 19.2 Å². The van der Waals surface area contributed by atoms with Crippen molar-refractivity contribution in [3.63, 3.8) is 0 Å². The molecule has 0 aromatic heterocycles. The maximum Gasteiger partial charge on any atom is 0.223 e. The number of rotatable bonds is 7. The molecule has 0 rings (SSSR count). The summed E-state index contributed by atoms with van der Waals surface area (Å²) in [4.78, 5) is 11.5. The molecule has 2 nitrogen and oxygen atoms in total. The molecule has 0 aromatic carbocycles. The van der Waals surface area contributed by atoms with Gasteiger partial charge in [0.25, 0.3) is 0 Å². The smallest absolute Gasteiger partial charge is 0.223 e. The van der Waals surface area contributed by atoms with Crippen molar-refractivity contribution >= 4 is 17.5 Å². The number of hydrogen-bond donors (Lipinski definition) is 1. The van der Waals surface area contributed by atoms with Crippen LogP contribution in [0.4, 0.5) is 0 Å². The Morgan fingerprint density at radius 1 is 1.36 bits per heavy atom. The summed E-state index contributed by atoms with van der Waals surface area (Å²) in [6, 6.07) is 0. The first-order valence-corrected chi connectivity index (χ1v) is 5.97. The van der Waals surface area contributed by atoms with Gasteiger partial charge in [-0.2, -0.15) is 0 Å². The third-order valence-electron chi connectivity index (χ3n) is 2.43. The highest BCUT2D eigenvalue weighted by Gasteiger charge is 2.12. The lowest BCUT2D eigenvalue weighted by Gasteiger charge is -2.12. The standard InChI is InChI=1S/C11H22ClNO/c1-4-10(5-2)11(14)13-8-6-7-9(3)12/h9-10H,4-8H2,1-3H3,(H,13,14). The average molecular weight is 220 g/mol. The molecule has 0 aliphatic rings. The zero-order valence-corrected chi connectivity index (χ0v) is 10.2. The molecule has 0 fully saturated rings. The molecule has 0 spiro atoms. The van der Waals surface area contributed by atoms with Crippen LogP contribution in [0.1, 0.15) is 46.5 Å². The molecule has 84 valence electrons. The van der Waals surface area contributed by atoms with Gasteiger partial charge in [0.05, 0.1) is 0 Å². The van der Waals surface area contributed by atoms with Crippen LogP contribution in [0.15, 0.2) is 0 Å². The van der Waals surface area contributed by atoms with Gasteiger partial charge in [0.15, 0.2) is 0 Å². The normalized spacial score (nSPS) is 12.9. The van der Waals surface area contributed by atoms with Crippen LogP contribution >= 0.6 is 11.6 Å². The van der Waals surface area contributed by atoms with E-state index in [0.29, 0.717) is 0 Å². The van der Waals surface area contributed by atoms with Crippen LogP contribution in [-0.4, -0.2) is 17.8 Å². The Morgan fingerprint density at radius 2 is 1.93 bits per heavy atom. The van der Waals surface area contributed by atoms with Crippen molar-refractivity contribution in [3.8, 4) is 0 Å². The lowest BCUT2D eigenvalue weighted by Crippen LogP contribution is -2.31. The van der Waals surface area contributed by atoms with Crippen molar-refractivity contribution in [1.29, 1.82) is 0 Å². The largest absolute Gasteiger partial charge is 0.356 e. The Bertz CT molecular complexity index is 155. The van der Waals surface area contributed by atoms with Crippen LogP contribution in [0.25, 0.3) is 0 Å². The second kappa shape index (κ2) is 8.10. The number of carbonyl (C=O) groups excluding carboxylic acids is 1. The maximum atomic E-state index is 11.5. The molecule has 14 heavy (non-hydrogen) atoms. The maximum absolute atomic E-state index is 11.5. The van der Waals surface area contributed by atoms with E-state index in [4.69, 9.17) is 11.6 Å². The summed E-state index contributed by atoms with van der Waals surface area (Å²) in [5.41, 5.74) is 0. The van der Waals surface area contributed by atoms with Gasteiger partial charge in [0.1, 0.15) is 0 Å². The summed E-state index contributed by atoms with van der Waals surface area (Å²) in [5.74, 6) is 0.376. The molecule has 0 bridgehead atoms. The Balaban J connectivity index is 3.52. The van der Waals surface area contributed by atoms with Crippen LogP contribution in [0, 0.1) is 5.92 Å². The molecule has 1 amide bonds. The van der Waals surface area contributed by atoms with Crippen molar-refractivity contribution < 1.29 is 4.79 Å². The highest BCUT2D eigenvalue weighted by Crippen LogP contribution is 2.07. The summed E-state index contributed by atoms with van der Waals surface area (Å²) in [5, 5.41) is 3.15. The minimum Gasteiger partial charge on any atom is -0.356 e. The molecule has 0 saturated heterocycles. The minimum absolute atomic E-state index is 0.184. The van der Waals surface area contributed by atoms with E-state index in [9.17, 15) is 4.79 Å². The quantitative estimate of drug-likeness (QED) is 0.518. The Labute approximate surface area is 92.4 Å². The van der Waals surface area contributed by atoms with Crippen LogP contribution in [-0.2, 0) is 4.79 Å². The number of alkyl halides is 1. The number of nitrogens with one attached hydrogen (secondary N) is 1. The third-order valence-corrected chi connectivity index (χ3v) is 2.65. The topological polar surface area (TPSA) is 29.1 Å². The Kier molecular flexibility index (Phi) is 7.96. The van der Waals surface area contributed by atoms with Crippen LogP contribution in [0.3, 0.4) is 0 Å². The zero-order valence-electron chi connectivity index (χ0n) is 9.48. The second-order valence-electron chi connectivity index (χ2n) is 3.73. The fourth-order valence-corrected chi connectivity index (χ4v) is 1.55. The van der Waals surface area contributed by atoms with Gasteiger partial charge in [0, 0.05) is 17.8 Å². The van der Waals surface area contributed by atoms with E-state index < -0.39 is 0 Å². The highest BCUT2D eigenvalue weighted by molar-refractivity contribution is 6.20. The molecule has 0 aromatic rings. The minimum atomic E-state index is 0.184. The summed E-state index contributed by atoms with van der Waals surface area (Å²) in [6.07, 6.45) is 3.78. The molecular formula is C11H22ClNO. The molecule has 0 aliphatic carbocycles. The fourth-order valence-electron chi connectivity index (χ4n) is 1.40. The molecular weight excluding hydrogens is 198 g/mol. The highest BCUT2D eigenvalue weighted by atomic mass is 35.5. The van der Waals surface area contributed by atoms with E-state index >= 15 is 0 Å². The van der Waals surface area contributed by atoms with Crippen molar-refractivity contribution in [2.75, 3.05) is 6.54 Å². The molecule has 0 radical (unpaired) electrons. The third kappa shape index (κ3) is 6.25. The van der Waals surface area contributed by atoms with Gasteiger partial charge < -0.3 is 5.32 Å². The van der Waals surface area contributed by atoms with Crippen LogP contribution in [0.2, 0.25) is 0 Å². The number of amides is 1. The Morgan fingerprint density at radius 3 is 2.36 bits per heavy atom. The van der Waals surface area contributed by atoms with Gasteiger partial charge in [-0.15, -0.1) is 11.6 Å². The SMILES string of the molecule is CCC(CC)C(=O)NCCCC(C)Cl. The summed E-state index contributed by atoms with van der Waals surface area (Å²) >= 11 is 5.80. The second-order valence-corrected chi connectivity index (χ2v) is 4.47.